The van der Waals surface area contributed by atoms with Gasteiger partial charge in [-0.3, -0.25) is 9.69 Å². The van der Waals surface area contributed by atoms with Gasteiger partial charge in [0, 0.05) is 38.1 Å². The van der Waals surface area contributed by atoms with Gasteiger partial charge in [0.15, 0.2) is 0 Å². The molecule has 2 aliphatic rings. The number of hydrogen-bond donors (Lipinski definition) is 1. The molecule has 5 nitrogen and oxygen atoms in total. The summed E-state index contributed by atoms with van der Waals surface area (Å²) in [6.07, 6.45) is 3.30. The molecule has 116 valence electrons. The minimum atomic E-state index is 0.149. The predicted molar refractivity (Wildman–Crippen MR) is 82.7 cm³/mol. The highest BCUT2D eigenvalue weighted by molar-refractivity contribution is 7.11. The van der Waals surface area contributed by atoms with Crippen molar-refractivity contribution in [2.45, 2.75) is 38.1 Å². The van der Waals surface area contributed by atoms with Crippen LogP contribution in [0.4, 0.5) is 0 Å². The summed E-state index contributed by atoms with van der Waals surface area (Å²) < 4.78 is 0. The molecular formula is C15H23N3O2S. The smallest absolute Gasteiger partial charge is 0.265 e. The fourth-order valence-electron chi connectivity index (χ4n) is 3.00. The first-order valence-corrected chi connectivity index (χ1v) is 8.70. The van der Waals surface area contributed by atoms with Gasteiger partial charge in [-0.1, -0.05) is 6.92 Å². The summed E-state index contributed by atoms with van der Waals surface area (Å²) >= 11 is 1.48. The summed E-state index contributed by atoms with van der Waals surface area (Å²) in [5.41, 5.74) is 2.82. The van der Waals surface area contributed by atoms with Crippen molar-refractivity contribution in [2.75, 3.05) is 32.8 Å². The SMILES string of the molecule is CCC(CO)N1CCN(C(=O)c2scnc2C2CC2)CC1. The zero-order valence-corrected chi connectivity index (χ0v) is 13.3. The summed E-state index contributed by atoms with van der Waals surface area (Å²) in [6, 6.07) is 0.229. The molecule has 1 aromatic heterocycles. The molecular weight excluding hydrogens is 286 g/mol. The highest BCUT2D eigenvalue weighted by Crippen LogP contribution is 2.42. The number of piperazine rings is 1. The zero-order chi connectivity index (χ0) is 14.8. The monoisotopic (exact) mass is 309 g/mol. The van der Waals surface area contributed by atoms with E-state index in [2.05, 4.69) is 16.8 Å². The lowest BCUT2D eigenvalue weighted by atomic mass is 10.1. The number of nitrogens with zero attached hydrogens (tertiary/aromatic N) is 3. The minimum Gasteiger partial charge on any atom is -0.395 e. The van der Waals surface area contributed by atoms with Gasteiger partial charge in [0.2, 0.25) is 0 Å². The third-order valence-electron chi connectivity index (χ3n) is 4.55. The second-order valence-electron chi connectivity index (χ2n) is 5.91. The molecule has 21 heavy (non-hydrogen) atoms. The highest BCUT2D eigenvalue weighted by atomic mass is 32.1. The fourth-order valence-corrected chi connectivity index (χ4v) is 3.84. The number of rotatable bonds is 5. The first-order chi connectivity index (χ1) is 10.2. The van der Waals surface area contributed by atoms with Crippen LogP contribution in [-0.4, -0.2) is 64.6 Å². The topological polar surface area (TPSA) is 56.7 Å². The largest absolute Gasteiger partial charge is 0.395 e. The molecule has 1 aromatic rings. The summed E-state index contributed by atoms with van der Waals surface area (Å²) in [7, 11) is 0. The summed E-state index contributed by atoms with van der Waals surface area (Å²) in [6.45, 7) is 5.49. The van der Waals surface area contributed by atoms with Crippen molar-refractivity contribution in [3.8, 4) is 0 Å². The number of aliphatic hydroxyl groups excluding tert-OH is 1. The molecule has 2 fully saturated rings. The van der Waals surface area contributed by atoms with E-state index in [0.717, 1.165) is 43.2 Å². The lowest BCUT2D eigenvalue weighted by molar-refractivity contribution is 0.0475. The second-order valence-corrected chi connectivity index (χ2v) is 6.77. The van der Waals surface area contributed by atoms with Gasteiger partial charge in [0.05, 0.1) is 17.8 Å². The van der Waals surface area contributed by atoms with Crippen LogP contribution < -0.4 is 0 Å². The van der Waals surface area contributed by atoms with Crippen LogP contribution in [0, 0.1) is 0 Å². The molecule has 0 radical (unpaired) electrons. The Kier molecular flexibility index (Phi) is 4.57. The number of carbonyl (C=O) groups is 1. The number of amides is 1. The Balaban J connectivity index is 1.61. The van der Waals surface area contributed by atoms with Gasteiger partial charge in [-0.2, -0.15) is 0 Å². The number of aliphatic hydroxyl groups is 1. The predicted octanol–water partition coefficient (Wildman–Crippen LogP) is 1.55. The van der Waals surface area contributed by atoms with Crippen molar-refractivity contribution in [1.29, 1.82) is 0 Å². The van der Waals surface area contributed by atoms with Crippen LogP contribution in [0.25, 0.3) is 0 Å². The van der Waals surface area contributed by atoms with Crippen LogP contribution in [0.3, 0.4) is 0 Å². The van der Waals surface area contributed by atoms with Crippen molar-refractivity contribution < 1.29 is 9.90 Å². The molecule has 6 heteroatoms. The molecule has 3 rings (SSSR count). The molecule has 1 atom stereocenters. The van der Waals surface area contributed by atoms with E-state index in [-0.39, 0.29) is 18.6 Å². The number of hydrogen-bond acceptors (Lipinski definition) is 5. The van der Waals surface area contributed by atoms with Gasteiger partial charge >= 0.3 is 0 Å². The molecule has 2 heterocycles. The fraction of sp³-hybridized carbons (Fsp3) is 0.733. The average molecular weight is 309 g/mol. The Labute approximate surface area is 129 Å². The maximum Gasteiger partial charge on any atom is 0.265 e. The van der Waals surface area contributed by atoms with Gasteiger partial charge in [0.1, 0.15) is 4.88 Å². The standard InChI is InChI=1S/C15H23N3O2S/c1-2-12(9-19)17-5-7-18(8-6-17)15(20)14-13(11-3-4-11)16-10-21-14/h10-12,19H,2-9H2,1H3. The van der Waals surface area contributed by atoms with Crippen LogP contribution in [0.2, 0.25) is 0 Å². The van der Waals surface area contributed by atoms with Crippen LogP contribution in [0.1, 0.15) is 47.5 Å². The number of carbonyl (C=O) groups excluding carboxylic acids is 1. The maximum absolute atomic E-state index is 12.7. The average Bonchev–Trinajstić information content (AvgIpc) is 3.25. The first-order valence-electron chi connectivity index (χ1n) is 7.82. The Morgan fingerprint density at radius 2 is 2.14 bits per heavy atom. The molecule has 1 N–H and O–H groups in total. The molecule has 0 bridgehead atoms. The molecule has 1 unspecified atom stereocenters. The van der Waals surface area contributed by atoms with Crippen molar-refractivity contribution >= 4 is 17.2 Å². The van der Waals surface area contributed by atoms with Crippen LogP contribution in [0.15, 0.2) is 5.51 Å². The lowest BCUT2D eigenvalue weighted by Gasteiger charge is -2.38. The van der Waals surface area contributed by atoms with Crippen molar-refractivity contribution in [2.24, 2.45) is 0 Å². The van der Waals surface area contributed by atoms with E-state index in [1.165, 1.54) is 24.2 Å². The Hall–Kier alpha value is -0.980. The van der Waals surface area contributed by atoms with Crippen LogP contribution in [0.5, 0.6) is 0 Å². The summed E-state index contributed by atoms with van der Waals surface area (Å²) in [5, 5.41) is 9.38. The lowest BCUT2D eigenvalue weighted by Crippen LogP contribution is -2.52. The van der Waals surface area contributed by atoms with Crippen LogP contribution >= 0.6 is 11.3 Å². The van der Waals surface area contributed by atoms with E-state index in [4.69, 9.17) is 0 Å². The van der Waals surface area contributed by atoms with Gasteiger partial charge < -0.3 is 10.0 Å². The summed E-state index contributed by atoms with van der Waals surface area (Å²) in [5.74, 6) is 0.673. The molecule has 1 saturated carbocycles. The van der Waals surface area contributed by atoms with Crippen molar-refractivity contribution in [3.63, 3.8) is 0 Å². The minimum absolute atomic E-state index is 0.149. The first kappa shape index (κ1) is 14.9. The van der Waals surface area contributed by atoms with Gasteiger partial charge in [0.25, 0.3) is 5.91 Å². The van der Waals surface area contributed by atoms with Crippen molar-refractivity contribution in [3.05, 3.63) is 16.1 Å². The second kappa shape index (κ2) is 6.42. The van der Waals surface area contributed by atoms with E-state index in [9.17, 15) is 9.90 Å². The maximum atomic E-state index is 12.7. The molecule has 0 aromatic carbocycles. The Morgan fingerprint density at radius 1 is 1.43 bits per heavy atom. The quantitative estimate of drug-likeness (QED) is 0.896. The Bertz CT molecular complexity index is 489. The Morgan fingerprint density at radius 3 is 2.71 bits per heavy atom. The molecule has 1 aliphatic heterocycles. The molecule has 1 amide bonds. The molecule has 0 spiro atoms. The third-order valence-corrected chi connectivity index (χ3v) is 5.38. The number of aromatic nitrogens is 1. The van der Waals surface area contributed by atoms with E-state index >= 15 is 0 Å². The van der Waals surface area contributed by atoms with Crippen LogP contribution in [-0.2, 0) is 0 Å². The number of thiazole rings is 1. The normalized spacial score (nSPS) is 21.5. The van der Waals surface area contributed by atoms with Crippen molar-refractivity contribution in [1.82, 2.24) is 14.8 Å². The van der Waals surface area contributed by atoms with E-state index < -0.39 is 0 Å². The molecule has 1 saturated heterocycles. The highest BCUT2D eigenvalue weighted by Gasteiger charge is 2.33. The van der Waals surface area contributed by atoms with E-state index in [1.54, 1.807) is 5.51 Å². The van der Waals surface area contributed by atoms with E-state index in [1.807, 2.05) is 4.90 Å². The zero-order valence-electron chi connectivity index (χ0n) is 12.5. The third kappa shape index (κ3) is 3.12. The van der Waals surface area contributed by atoms with Gasteiger partial charge in [-0.15, -0.1) is 11.3 Å². The summed E-state index contributed by atoms with van der Waals surface area (Å²) in [4.78, 5) is 22.1. The van der Waals surface area contributed by atoms with E-state index in [0.29, 0.717) is 5.92 Å². The van der Waals surface area contributed by atoms with Gasteiger partial charge in [-0.05, 0) is 19.3 Å². The van der Waals surface area contributed by atoms with Gasteiger partial charge in [-0.25, -0.2) is 4.98 Å². The molecule has 1 aliphatic carbocycles.